The molecule has 0 radical (unpaired) electrons. The molecule has 0 aromatic heterocycles. The highest BCUT2D eigenvalue weighted by molar-refractivity contribution is 5.73. The van der Waals surface area contributed by atoms with Crippen LogP contribution in [0.4, 0.5) is 0 Å². The number of hydrogen-bond acceptors (Lipinski definition) is 2. The highest BCUT2D eigenvalue weighted by Crippen LogP contribution is 2.49. The summed E-state index contributed by atoms with van der Waals surface area (Å²) >= 11 is 0. The summed E-state index contributed by atoms with van der Waals surface area (Å²) in [7, 11) is 0. The second-order valence-electron chi connectivity index (χ2n) is 5.08. The molecule has 2 nitrogen and oxygen atoms in total. The second kappa shape index (κ2) is 3.70. The first kappa shape index (κ1) is 10.0. The van der Waals surface area contributed by atoms with Gasteiger partial charge in [0.2, 0.25) is 0 Å². The van der Waals surface area contributed by atoms with Gasteiger partial charge in [-0.1, -0.05) is 30.3 Å². The predicted octanol–water partition coefficient (Wildman–Crippen LogP) is 2.57. The van der Waals surface area contributed by atoms with E-state index in [-0.39, 0.29) is 0 Å². The third kappa shape index (κ3) is 1.67. The maximum atomic E-state index is 4.44. The lowest BCUT2D eigenvalue weighted by atomic mass is 9.98. The minimum absolute atomic E-state index is 0.420. The Morgan fingerprint density at radius 3 is 2.75 bits per heavy atom. The first-order valence-electron chi connectivity index (χ1n) is 6.12. The van der Waals surface area contributed by atoms with Crippen LogP contribution >= 0.6 is 0 Å². The molecule has 1 fully saturated rings. The number of nitrogens with one attached hydrogen (secondary N) is 1. The van der Waals surface area contributed by atoms with Gasteiger partial charge in [0.05, 0.1) is 6.54 Å². The van der Waals surface area contributed by atoms with E-state index in [2.05, 4.69) is 53.8 Å². The molecule has 1 aliphatic carbocycles. The summed E-state index contributed by atoms with van der Waals surface area (Å²) in [5.41, 5.74) is 1.79. The first-order valence-corrected chi connectivity index (χ1v) is 6.12. The van der Waals surface area contributed by atoms with Gasteiger partial charge in [0, 0.05) is 23.7 Å². The third-order valence-corrected chi connectivity index (χ3v) is 3.91. The molecular formula is C14H18N2. The number of nitrogens with zero attached hydrogens (tertiary/aromatic N) is 1. The maximum Gasteiger partial charge on any atom is 0.0548 e. The minimum Gasteiger partial charge on any atom is -0.305 e. The lowest BCUT2D eigenvalue weighted by Gasteiger charge is -2.23. The van der Waals surface area contributed by atoms with Crippen molar-refractivity contribution in [1.82, 2.24) is 5.32 Å². The smallest absolute Gasteiger partial charge is 0.0548 e. The van der Waals surface area contributed by atoms with Crippen LogP contribution in [0, 0.1) is 5.41 Å². The molecule has 3 rings (SSSR count). The largest absolute Gasteiger partial charge is 0.305 e. The molecule has 1 N–H and O–H groups in total. The Balaban J connectivity index is 1.67. The van der Waals surface area contributed by atoms with Gasteiger partial charge in [-0.2, -0.15) is 0 Å². The van der Waals surface area contributed by atoms with E-state index in [0.29, 0.717) is 17.5 Å². The fraction of sp³-hybridized carbons (Fsp3) is 0.500. The van der Waals surface area contributed by atoms with Gasteiger partial charge in [-0.3, -0.25) is 4.99 Å². The van der Waals surface area contributed by atoms with Crippen LogP contribution in [0.3, 0.4) is 0 Å². The van der Waals surface area contributed by atoms with Crippen molar-refractivity contribution >= 4 is 6.21 Å². The molecule has 2 heteroatoms. The topological polar surface area (TPSA) is 24.4 Å². The maximum absolute atomic E-state index is 4.44. The molecule has 1 aromatic carbocycles. The molecule has 16 heavy (non-hydrogen) atoms. The summed E-state index contributed by atoms with van der Waals surface area (Å²) in [6, 6.07) is 11.6. The van der Waals surface area contributed by atoms with Gasteiger partial charge in [-0.05, 0) is 25.3 Å². The number of aliphatic imine (C=N–C) groups is 1. The number of hydrogen-bond donors (Lipinski definition) is 1. The van der Waals surface area contributed by atoms with Gasteiger partial charge >= 0.3 is 0 Å². The molecule has 84 valence electrons. The monoisotopic (exact) mass is 214 g/mol. The van der Waals surface area contributed by atoms with E-state index in [4.69, 9.17) is 0 Å². The Labute approximate surface area is 96.8 Å². The highest BCUT2D eigenvalue weighted by atomic mass is 15.0. The SMILES string of the molecule is C[C@H](N[C@@H]1CN=CC12CC2)c1ccccc1. The Morgan fingerprint density at radius 2 is 2.06 bits per heavy atom. The van der Waals surface area contributed by atoms with E-state index in [1.807, 2.05) is 0 Å². The van der Waals surface area contributed by atoms with E-state index in [9.17, 15) is 0 Å². The predicted molar refractivity (Wildman–Crippen MR) is 66.8 cm³/mol. The Hall–Kier alpha value is -1.15. The second-order valence-corrected chi connectivity index (χ2v) is 5.08. The molecule has 0 bridgehead atoms. The summed E-state index contributed by atoms with van der Waals surface area (Å²) in [5, 5.41) is 3.72. The Kier molecular flexibility index (Phi) is 2.32. The van der Waals surface area contributed by atoms with Crippen molar-refractivity contribution in [3.05, 3.63) is 35.9 Å². The van der Waals surface area contributed by atoms with Crippen molar-refractivity contribution in [3.63, 3.8) is 0 Å². The van der Waals surface area contributed by atoms with Crippen LogP contribution < -0.4 is 5.32 Å². The van der Waals surface area contributed by atoms with Crippen LogP contribution in [0.5, 0.6) is 0 Å². The van der Waals surface area contributed by atoms with Crippen molar-refractivity contribution in [2.24, 2.45) is 10.4 Å². The van der Waals surface area contributed by atoms with E-state index >= 15 is 0 Å². The summed E-state index contributed by atoms with van der Waals surface area (Å²) < 4.78 is 0. The zero-order chi connectivity index (χ0) is 11.0. The van der Waals surface area contributed by atoms with E-state index < -0.39 is 0 Å². The number of benzene rings is 1. The van der Waals surface area contributed by atoms with E-state index in [0.717, 1.165) is 6.54 Å². The summed E-state index contributed by atoms with van der Waals surface area (Å²) in [4.78, 5) is 4.44. The van der Waals surface area contributed by atoms with Crippen LogP contribution in [-0.4, -0.2) is 18.8 Å². The molecule has 1 heterocycles. The zero-order valence-corrected chi connectivity index (χ0v) is 9.69. The van der Waals surface area contributed by atoms with Crippen molar-refractivity contribution in [2.45, 2.75) is 31.8 Å². The van der Waals surface area contributed by atoms with E-state index in [1.165, 1.54) is 18.4 Å². The van der Waals surface area contributed by atoms with Crippen molar-refractivity contribution < 1.29 is 0 Å². The average Bonchev–Trinajstić information content (AvgIpc) is 2.99. The van der Waals surface area contributed by atoms with Crippen LogP contribution in [0.2, 0.25) is 0 Å². The standard InChI is InChI=1S/C14H18N2/c1-11(12-5-3-2-4-6-12)16-13-9-15-10-14(13)7-8-14/h2-6,10-11,13,16H,7-9H2,1H3/t11-,13+/m0/s1. The van der Waals surface area contributed by atoms with Gasteiger partial charge in [0.1, 0.15) is 0 Å². The van der Waals surface area contributed by atoms with Gasteiger partial charge in [-0.25, -0.2) is 0 Å². The molecular weight excluding hydrogens is 196 g/mol. The molecule has 1 aromatic rings. The van der Waals surface area contributed by atoms with Crippen LogP contribution in [0.15, 0.2) is 35.3 Å². The average molecular weight is 214 g/mol. The zero-order valence-electron chi connectivity index (χ0n) is 9.69. The van der Waals surface area contributed by atoms with E-state index in [1.54, 1.807) is 0 Å². The first-order chi connectivity index (χ1) is 7.80. The van der Waals surface area contributed by atoms with Crippen LogP contribution in [-0.2, 0) is 0 Å². The third-order valence-electron chi connectivity index (χ3n) is 3.91. The van der Waals surface area contributed by atoms with Crippen LogP contribution in [0.25, 0.3) is 0 Å². The van der Waals surface area contributed by atoms with Crippen molar-refractivity contribution in [3.8, 4) is 0 Å². The fourth-order valence-corrected chi connectivity index (χ4v) is 2.59. The molecule has 1 saturated carbocycles. The minimum atomic E-state index is 0.420. The molecule has 2 aliphatic rings. The quantitative estimate of drug-likeness (QED) is 0.821. The summed E-state index contributed by atoms with van der Waals surface area (Å²) in [6.07, 6.45) is 4.81. The molecule has 0 unspecified atom stereocenters. The van der Waals surface area contributed by atoms with Crippen molar-refractivity contribution in [2.75, 3.05) is 6.54 Å². The van der Waals surface area contributed by atoms with Gasteiger partial charge in [-0.15, -0.1) is 0 Å². The molecule has 1 aliphatic heterocycles. The van der Waals surface area contributed by atoms with Crippen molar-refractivity contribution in [1.29, 1.82) is 0 Å². The van der Waals surface area contributed by atoms with Gasteiger partial charge in [0.15, 0.2) is 0 Å². The van der Waals surface area contributed by atoms with Gasteiger partial charge in [0.25, 0.3) is 0 Å². The lowest BCUT2D eigenvalue weighted by Crippen LogP contribution is -2.38. The number of rotatable bonds is 3. The Bertz CT molecular complexity index is 392. The lowest BCUT2D eigenvalue weighted by molar-refractivity contribution is 0.404. The molecule has 2 atom stereocenters. The highest BCUT2D eigenvalue weighted by Gasteiger charge is 2.50. The normalized spacial score (nSPS) is 27.2. The van der Waals surface area contributed by atoms with Crippen LogP contribution in [0.1, 0.15) is 31.4 Å². The summed E-state index contributed by atoms with van der Waals surface area (Å²) in [5.74, 6) is 0. The molecule has 0 saturated heterocycles. The molecule has 0 amide bonds. The molecule has 1 spiro atoms. The fourth-order valence-electron chi connectivity index (χ4n) is 2.59. The summed E-state index contributed by atoms with van der Waals surface area (Å²) in [6.45, 7) is 3.20. The Morgan fingerprint density at radius 1 is 1.31 bits per heavy atom. The van der Waals surface area contributed by atoms with Gasteiger partial charge < -0.3 is 5.32 Å².